The van der Waals surface area contributed by atoms with Crippen molar-refractivity contribution in [2.45, 2.75) is 0 Å². The summed E-state index contributed by atoms with van der Waals surface area (Å²) in [5.74, 6) is -0.316. The molecule has 0 fully saturated rings. The van der Waals surface area contributed by atoms with Crippen LogP contribution in [0.5, 0.6) is 11.5 Å². The third kappa shape index (κ3) is 4.36. The molecule has 6 aromatic carbocycles. The van der Waals surface area contributed by atoms with Gasteiger partial charge in [0.2, 0.25) is 0 Å². The highest BCUT2D eigenvalue weighted by atomic mass is 16.5. The number of carbonyl (C=O) groups excluding carboxylic acids is 2. The summed E-state index contributed by atoms with van der Waals surface area (Å²) in [5, 5.41) is 6.91. The van der Waals surface area contributed by atoms with Crippen molar-refractivity contribution in [3.8, 4) is 11.5 Å². The van der Waals surface area contributed by atoms with Crippen molar-refractivity contribution in [1.82, 2.24) is 0 Å². The van der Waals surface area contributed by atoms with E-state index in [4.69, 9.17) is 9.47 Å². The van der Waals surface area contributed by atoms with Crippen LogP contribution in [0.25, 0.3) is 32.3 Å². The van der Waals surface area contributed by atoms with E-state index in [1.807, 2.05) is 24.3 Å². The molecule has 39 heavy (non-hydrogen) atoms. The Kier molecular flexibility index (Phi) is 6.02. The van der Waals surface area contributed by atoms with Crippen LogP contribution >= 0.6 is 0 Å². The van der Waals surface area contributed by atoms with E-state index in [2.05, 4.69) is 72.7 Å². The first kappa shape index (κ1) is 23.9. The van der Waals surface area contributed by atoms with Crippen molar-refractivity contribution in [2.24, 2.45) is 0 Å². The molecule has 0 heterocycles. The Bertz CT molecular complexity index is 1820. The lowest BCUT2D eigenvalue weighted by Gasteiger charge is -2.28. The summed E-state index contributed by atoms with van der Waals surface area (Å²) in [6.45, 7) is 6.98. The van der Waals surface area contributed by atoms with E-state index in [9.17, 15) is 9.59 Å². The lowest BCUT2D eigenvalue weighted by Crippen LogP contribution is -2.12. The summed E-state index contributed by atoms with van der Waals surface area (Å²) in [7, 11) is 0. The third-order valence-electron chi connectivity index (χ3n) is 6.67. The molecule has 0 atom stereocenters. The first-order chi connectivity index (χ1) is 19.1. The second-order valence-corrected chi connectivity index (χ2v) is 9.02. The molecule has 0 aliphatic heterocycles. The zero-order valence-corrected chi connectivity index (χ0v) is 21.0. The maximum atomic E-state index is 11.9. The minimum Gasteiger partial charge on any atom is -0.423 e. The molecule has 0 saturated carbocycles. The largest absolute Gasteiger partial charge is 0.423 e. The summed E-state index contributed by atoms with van der Waals surface area (Å²) < 4.78 is 10.9. The Morgan fingerprint density at radius 1 is 0.590 bits per heavy atom. The molecule has 0 aromatic heterocycles. The van der Waals surface area contributed by atoms with Gasteiger partial charge in [0.05, 0.1) is 5.69 Å². The van der Waals surface area contributed by atoms with Gasteiger partial charge in [-0.25, -0.2) is 9.59 Å². The Morgan fingerprint density at radius 3 is 1.64 bits per heavy atom. The fraction of sp³-hybridized carbons (Fsp3) is 0. The Hall–Kier alpha value is -5.42. The summed E-state index contributed by atoms with van der Waals surface area (Å²) in [5.41, 5.74) is 2.43. The maximum Gasteiger partial charge on any atom is 0.335 e. The van der Waals surface area contributed by atoms with Crippen LogP contribution in [0.15, 0.2) is 128 Å². The van der Waals surface area contributed by atoms with Gasteiger partial charge in [-0.3, -0.25) is 0 Å². The fourth-order valence-electron chi connectivity index (χ4n) is 5.03. The predicted molar refractivity (Wildman–Crippen MR) is 156 cm³/mol. The van der Waals surface area contributed by atoms with Gasteiger partial charge in [0, 0.05) is 41.0 Å². The molecule has 0 spiro atoms. The fourth-order valence-corrected chi connectivity index (χ4v) is 5.03. The van der Waals surface area contributed by atoms with E-state index in [0.717, 1.165) is 45.4 Å². The minimum absolute atomic E-state index is 0.384. The number of hydrogen-bond donors (Lipinski definition) is 0. The Balaban J connectivity index is 1.60. The monoisotopic (exact) mass is 509 g/mol. The SMILES string of the molecule is C=CC(=O)Oc1cccc(N(c2cccc(OC(=O)C=C)c2)c2ccc3ccc4cccc5ccc2c3c45)c1. The van der Waals surface area contributed by atoms with Gasteiger partial charge < -0.3 is 14.4 Å². The van der Waals surface area contributed by atoms with E-state index < -0.39 is 11.9 Å². The molecule has 0 amide bonds. The molecule has 0 unspecified atom stereocenters. The number of hydrogen-bond acceptors (Lipinski definition) is 5. The van der Waals surface area contributed by atoms with Gasteiger partial charge in [0.1, 0.15) is 11.5 Å². The third-order valence-corrected chi connectivity index (χ3v) is 6.67. The van der Waals surface area contributed by atoms with E-state index in [-0.39, 0.29) is 0 Å². The summed E-state index contributed by atoms with van der Waals surface area (Å²) in [6.07, 6.45) is 2.26. The average Bonchev–Trinajstić information content (AvgIpc) is 2.97. The number of carbonyl (C=O) groups is 2. The summed E-state index contributed by atoms with van der Waals surface area (Å²) in [6, 6.07) is 33.6. The van der Waals surface area contributed by atoms with E-state index in [1.165, 1.54) is 16.2 Å². The zero-order valence-electron chi connectivity index (χ0n) is 21.0. The average molecular weight is 510 g/mol. The van der Waals surface area contributed by atoms with Crippen molar-refractivity contribution in [3.63, 3.8) is 0 Å². The van der Waals surface area contributed by atoms with E-state index in [0.29, 0.717) is 11.5 Å². The lowest BCUT2D eigenvalue weighted by atomic mass is 9.93. The summed E-state index contributed by atoms with van der Waals surface area (Å²) in [4.78, 5) is 25.9. The van der Waals surface area contributed by atoms with Gasteiger partial charge in [-0.2, -0.15) is 0 Å². The normalized spacial score (nSPS) is 11.0. The molecule has 0 N–H and O–H groups in total. The number of benzene rings is 6. The highest BCUT2D eigenvalue weighted by Crippen LogP contribution is 2.44. The first-order valence-electron chi connectivity index (χ1n) is 12.4. The van der Waals surface area contributed by atoms with E-state index >= 15 is 0 Å². The van der Waals surface area contributed by atoms with Crippen molar-refractivity contribution < 1.29 is 19.1 Å². The van der Waals surface area contributed by atoms with Crippen LogP contribution in [0.2, 0.25) is 0 Å². The number of rotatable bonds is 7. The zero-order chi connectivity index (χ0) is 26.9. The first-order valence-corrected chi connectivity index (χ1v) is 12.4. The van der Waals surface area contributed by atoms with Crippen molar-refractivity contribution in [2.75, 3.05) is 4.90 Å². The second-order valence-electron chi connectivity index (χ2n) is 9.02. The molecule has 6 aromatic rings. The number of esters is 2. The van der Waals surface area contributed by atoms with Gasteiger partial charge in [-0.15, -0.1) is 0 Å². The number of nitrogens with zero attached hydrogens (tertiary/aromatic N) is 1. The van der Waals surface area contributed by atoms with Gasteiger partial charge in [-0.1, -0.05) is 73.8 Å². The molecule has 0 radical (unpaired) electrons. The van der Waals surface area contributed by atoms with Crippen LogP contribution in [-0.4, -0.2) is 11.9 Å². The topological polar surface area (TPSA) is 55.8 Å². The summed E-state index contributed by atoms with van der Waals surface area (Å²) >= 11 is 0. The minimum atomic E-state index is -0.542. The second kappa shape index (κ2) is 9.80. The standard InChI is InChI=1S/C34H23NO4/c1-3-31(36)38-27-12-6-10-25(20-27)35(26-11-7-13-28(21-26)39-32(37)4-2)30-19-17-24-15-14-22-8-5-9-23-16-18-29(30)34(24)33(22)23/h3-21H,1-2H2. The highest BCUT2D eigenvalue weighted by molar-refractivity contribution is 6.25. The molecule has 0 aliphatic carbocycles. The van der Waals surface area contributed by atoms with Gasteiger partial charge >= 0.3 is 11.9 Å². The van der Waals surface area contributed by atoms with Crippen molar-refractivity contribution >= 4 is 61.3 Å². The molecule has 0 saturated heterocycles. The molecule has 0 aliphatic rings. The van der Waals surface area contributed by atoms with Gasteiger partial charge in [0.15, 0.2) is 0 Å². The van der Waals surface area contributed by atoms with E-state index in [1.54, 1.807) is 24.3 Å². The van der Waals surface area contributed by atoms with Gasteiger partial charge in [-0.05, 0) is 57.3 Å². The van der Waals surface area contributed by atoms with Crippen LogP contribution in [0.1, 0.15) is 0 Å². The Labute approximate surface area is 225 Å². The van der Waals surface area contributed by atoms with Crippen molar-refractivity contribution in [1.29, 1.82) is 0 Å². The maximum absolute atomic E-state index is 11.9. The molecule has 5 nitrogen and oxygen atoms in total. The van der Waals surface area contributed by atoms with Crippen LogP contribution in [0.4, 0.5) is 17.1 Å². The molecular formula is C34H23NO4. The van der Waals surface area contributed by atoms with Crippen LogP contribution in [-0.2, 0) is 9.59 Å². The molecule has 6 rings (SSSR count). The van der Waals surface area contributed by atoms with Crippen molar-refractivity contribution in [3.05, 3.63) is 128 Å². The van der Waals surface area contributed by atoms with Crippen LogP contribution in [0, 0.1) is 0 Å². The highest BCUT2D eigenvalue weighted by Gasteiger charge is 2.19. The molecular weight excluding hydrogens is 486 g/mol. The lowest BCUT2D eigenvalue weighted by molar-refractivity contribution is -0.129. The Morgan fingerprint density at radius 2 is 1.08 bits per heavy atom. The number of ether oxygens (including phenoxy) is 2. The van der Waals surface area contributed by atoms with Crippen LogP contribution in [0.3, 0.4) is 0 Å². The van der Waals surface area contributed by atoms with Gasteiger partial charge in [0.25, 0.3) is 0 Å². The smallest absolute Gasteiger partial charge is 0.335 e. The molecule has 188 valence electrons. The van der Waals surface area contributed by atoms with Crippen LogP contribution < -0.4 is 14.4 Å². The quantitative estimate of drug-likeness (QED) is 0.0939. The number of anilines is 3. The predicted octanol–water partition coefficient (Wildman–Crippen LogP) is 8.24. The molecule has 0 bridgehead atoms. The molecule has 5 heteroatoms.